The van der Waals surface area contributed by atoms with Gasteiger partial charge in [0.05, 0.1) is 11.1 Å². The largest absolute Gasteiger partial charge is 0.489 e. The molecule has 0 spiro atoms. The van der Waals surface area contributed by atoms with Crippen LogP contribution < -0.4 is 9.88 Å². The second-order valence-corrected chi connectivity index (χ2v) is 7.14. The highest BCUT2D eigenvalue weighted by molar-refractivity contribution is 9.09. The summed E-state index contributed by atoms with van der Waals surface area (Å²) < 4.78 is 28.5. The number of alkyl halides is 1. The number of ketones is 1. The summed E-state index contributed by atoms with van der Waals surface area (Å²) >= 11 is 3.09. The third-order valence-corrected chi connectivity index (χ3v) is 4.32. The maximum absolute atomic E-state index is 11.8. The standard InChI is InChI=1S/C16H16BrNO4S/c17-9-15(19)13-6-7-16(14(8-13)11-23(18,20)21)22-10-12-4-2-1-3-5-12/h1-8H,9-11H2,(H2,18,20,21). The second kappa shape index (κ2) is 7.72. The molecule has 0 atom stereocenters. The molecular weight excluding hydrogens is 382 g/mol. The van der Waals surface area contributed by atoms with Gasteiger partial charge in [0.15, 0.2) is 5.78 Å². The van der Waals surface area contributed by atoms with Gasteiger partial charge in [-0.15, -0.1) is 0 Å². The zero-order chi connectivity index (χ0) is 16.9. The van der Waals surface area contributed by atoms with Gasteiger partial charge in [-0.3, -0.25) is 4.79 Å². The molecule has 0 heterocycles. The smallest absolute Gasteiger partial charge is 0.213 e. The number of Topliss-reactive ketones (excluding diaryl/α,β-unsaturated/α-hetero) is 1. The summed E-state index contributed by atoms with van der Waals surface area (Å²) in [6.45, 7) is 0.296. The van der Waals surface area contributed by atoms with E-state index in [0.717, 1.165) is 5.56 Å². The van der Waals surface area contributed by atoms with Gasteiger partial charge in [0.1, 0.15) is 12.4 Å². The first kappa shape index (κ1) is 17.7. The molecule has 2 aromatic rings. The fourth-order valence-corrected chi connectivity index (χ4v) is 3.02. The lowest BCUT2D eigenvalue weighted by Crippen LogP contribution is -2.16. The molecule has 0 aliphatic heterocycles. The minimum Gasteiger partial charge on any atom is -0.489 e. The number of sulfonamides is 1. The molecule has 7 heteroatoms. The SMILES string of the molecule is NS(=O)(=O)Cc1cc(C(=O)CBr)ccc1OCc1ccccc1. The minimum atomic E-state index is -3.73. The predicted molar refractivity (Wildman–Crippen MR) is 92.2 cm³/mol. The third-order valence-electron chi connectivity index (χ3n) is 3.10. The van der Waals surface area contributed by atoms with E-state index in [1.54, 1.807) is 12.1 Å². The van der Waals surface area contributed by atoms with Gasteiger partial charge in [-0.25, -0.2) is 13.6 Å². The van der Waals surface area contributed by atoms with Crippen LogP contribution in [0.5, 0.6) is 5.75 Å². The molecule has 0 aliphatic carbocycles. The van der Waals surface area contributed by atoms with Crippen LogP contribution >= 0.6 is 15.9 Å². The van der Waals surface area contributed by atoms with Crippen molar-refractivity contribution in [3.8, 4) is 5.75 Å². The van der Waals surface area contributed by atoms with Gasteiger partial charge in [0, 0.05) is 11.1 Å². The summed E-state index contributed by atoms with van der Waals surface area (Å²) in [4.78, 5) is 11.8. The van der Waals surface area contributed by atoms with Crippen molar-refractivity contribution in [2.24, 2.45) is 5.14 Å². The Morgan fingerprint density at radius 2 is 1.83 bits per heavy atom. The summed E-state index contributed by atoms with van der Waals surface area (Å²) in [5.74, 6) is -0.134. The van der Waals surface area contributed by atoms with E-state index < -0.39 is 10.0 Å². The average molecular weight is 398 g/mol. The lowest BCUT2D eigenvalue weighted by molar-refractivity contribution is 0.102. The van der Waals surface area contributed by atoms with E-state index in [1.807, 2.05) is 30.3 Å². The van der Waals surface area contributed by atoms with Gasteiger partial charge in [-0.05, 0) is 23.8 Å². The number of rotatable bonds is 7. The normalized spacial score (nSPS) is 11.2. The van der Waals surface area contributed by atoms with E-state index in [1.165, 1.54) is 6.07 Å². The number of carbonyl (C=O) groups is 1. The van der Waals surface area contributed by atoms with Crippen molar-refractivity contribution >= 4 is 31.7 Å². The molecular formula is C16H16BrNO4S. The van der Waals surface area contributed by atoms with Gasteiger partial charge in [0.25, 0.3) is 0 Å². The molecule has 0 bridgehead atoms. The average Bonchev–Trinajstić information content (AvgIpc) is 2.52. The summed E-state index contributed by atoms with van der Waals surface area (Å²) in [5, 5.41) is 5.28. The number of hydrogen-bond donors (Lipinski definition) is 1. The molecule has 0 amide bonds. The Labute approximate surface area is 143 Å². The molecule has 0 radical (unpaired) electrons. The van der Waals surface area contributed by atoms with Gasteiger partial charge >= 0.3 is 0 Å². The summed E-state index contributed by atoms with van der Waals surface area (Å²) in [7, 11) is -3.73. The topological polar surface area (TPSA) is 86.5 Å². The highest BCUT2D eigenvalue weighted by atomic mass is 79.9. The van der Waals surface area contributed by atoms with Crippen LogP contribution in [0.1, 0.15) is 21.5 Å². The van der Waals surface area contributed by atoms with Crippen molar-refractivity contribution < 1.29 is 17.9 Å². The zero-order valence-electron chi connectivity index (χ0n) is 12.2. The number of carbonyl (C=O) groups excluding carboxylic acids is 1. The maximum atomic E-state index is 11.8. The molecule has 0 fully saturated rings. The maximum Gasteiger partial charge on any atom is 0.213 e. The molecule has 0 aromatic heterocycles. The molecule has 0 saturated carbocycles. The van der Waals surface area contributed by atoms with E-state index in [-0.39, 0.29) is 16.9 Å². The fourth-order valence-electron chi connectivity index (χ4n) is 2.04. The monoisotopic (exact) mass is 397 g/mol. The summed E-state index contributed by atoms with van der Waals surface area (Å²) in [6.07, 6.45) is 0. The van der Waals surface area contributed by atoms with Crippen molar-refractivity contribution in [1.82, 2.24) is 0 Å². The Morgan fingerprint density at radius 3 is 2.43 bits per heavy atom. The number of primary sulfonamides is 1. The van der Waals surface area contributed by atoms with E-state index in [9.17, 15) is 13.2 Å². The van der Waals surface area contributed by atoms with Gasteiger partial charge < -0.3 is 4.74 Å². The van der Waals surface area contributed by atoms with Crippen LogP contribution in [0, 0.1) is 0 Å². The molecule has 23 heavy (non-hydrogen) atoms. The minimum absolute atomic E-state index is 0.143. The van der Waals surface area contributed by atoms with Crippen molar-refractivity contribution in [1.29, 1.82) is 0 Å². The van der Waals surface area contributed by atoms with Crippen molar-refractivity contribution in [3.63, 3.8) is 0 Å². The Hall–Kier alpha value is -1.70. The number of benzene rings is 2. The van der Waals surface area contributed by atoms with E-state index in [4.69, 9.17) is 9.88 Å². The molecule has 2 rings (SSSR count). The van der Waals surface area contributed by atoms with E-state index in [2.05, 4.69) is 15.9 Å². The van der Waals surface area contributed by atoms with Gasteiger partial charge in [0.2, 0.25) is 10.0 Å². The highest BCUT2D eigenvalue weighted by Crippen LogP contribution is 2.24. The fraction of sp³-hybridized carbons (Fsp3) is 0.188. The lowest BCUT2D eigenvalue weighted by Gasteiger charge is -2.12. The van der Waals surface area contributed by atoms with Crippen molar-refractivity contribution in [2.75, 3.05) is 5.33 Å². The van der Waals surface area contributed by atoms with Crippen LogP contribution in [-0.4, -0.2) is 19.5 Å². The molecule has 0 aliphatic rings. The molecule has 5 nitrogen and oxygen atoms in total. The van der Waals surface area contributed by atoms with Crippen LogP contribution in [0.3, 0.4) is 0 Å². The third kappa shape index (κ3) is 5.46. The Morgan fingerprint density at radius 1 is 1.13 bits per heavy atom. The van der Waals surface area contributed by atoms with Crippen LogP contribution in [0.15, 0.2) is 48.5 Å². The zero-order valence-corrected chi connectivity index (χ0v) is 14.6. The number of halogens is 1. The quantitative estimate of drug-likeness (QED) is 0.574. The number of hydrogen-bond acceptors (Lipinski definition) is 4. The Bertz CT molecular complexity index is 791. The Balaban J connectivity index is 2.28. The van der Waals surface area contributed by atoms with E-state index >= 15 is 0 Å². The number of ether oxygens (including phenoxy) is 1. The lowest BCUT2D eigenvalue weighted by atomic mass is 10.1. The van der Waals surface area contributed by atoms with Crippen LogP contribution in [0.25, 0.3) is 0 Å². The molecule has 2 N–H and O–H groups in total. The first-order valence-corrected chi connectivity index (χ1v) is 9.62. The van der Waals surface area contributed by atoms with Crippen LogP contribution in [0.4, 0.5) is 0 Å². The van der Waals surface area contributed by atoms with Crippen LogP contribution in [-0.2, 0) is 22.4 Å². The predicted octanol–water partition coefficient (Wildman–Crippen LogP) is 2.63. The summed E-state index contributed by atoms with van der Waals surface area (Å²) in [5.41, 5.74) is 1.73. The molecule has 0 saturated heterocycles. The summed E-state index contributed by atoms with van der Waals surface area (Å²) in [6, 6.07) is 14.2. The molecule has 122 valence electrons. The van der Waals surface area contributed by atoms with Gasteiger partial charge in [-0.1, -0.05) is 46.3 Å². The first-order chi connectivity index (χ1) is 10.9. The van der Waals surface area contributed by atoms with E-state index in [0.29, 0.717) is 23.5 Å². The second-order valence-electron chi connectivity index (χ2n) is 4.96. The van der Waals surface area contributed by atoms with Gasteiger partial charge in [-0.2, -0.15) is 0 Å². The molecule has 0 unspecified atom stereocenters. The highest BCUT2D eigenvalue weighted by Gasteiger charge is 2.14. The van der Waals surface area contributed by atoms with Crippen LogP contribution in [0.2, 0.25) is 0 Å². The van der Waals surface area contributed by atoms with Crippen molar-refractivity contribution in [3.05, 3.63) is 65.2 Å². The Kier molecular flexibility index (Phi) is 5.92. The van der Waals surface area contributed by atoms with Crippen molar-refractivity contribution in [2.45, 2.75) is 12.4 Å². The number of nitrogens with two attached hydrogens (primary N) is 1. The molecule has 2 aromatic carbocycles. The first-order valence-electron chi connectivity index (χ1n) is 6.78.